The molecule has 1 N–H and O–H groups in total. The van der Waals surface area contributed by atoms with Crippen molar-refractivity contribution in [1.82, 2.24) is 5.32 Å². The van der Waals surface area contributed by atoms with Gasteiger partial charge in [-0.2, -0.15) is 0 Å². The Morgan fingerprint density at radius 1 is 1.23 bits per heavy atom. The number of aryl methyl sites for hydroxylation is 1. The number of furan rings is 1. The fraction of sp³-hybridized carbons (Fsp3) is 0.292. The van der Waals surface area contributed by atoms with Gasteiger partial charge in [0.05, 0.1) is 24.5 Å². The van der Waals surface area contributed by atoms with Crippen molar-refractivity contribution in [2.24, 2.45) is 0 Å². The predicted molar refractivity (Wildman–Crippen MR) is 126 cm³/mol. The van der Waals surface area contributed by atoms with Crippen LogP contribution in [0, 0.1) is 6.92 Å². The number of hydrogen-bond acceptors (Lipinski definition) is 4. The monoisotopic (exact) mass is 461 g/mol. The van der Waals surface area contributed by atoms with Gasteiger partial charge in [0.2, 0.25) is 5.91 Å². The van der Waals surface area contributed by atoms with Gasteiger partial charge in [-0.1, -0.05) is 29.3 Å². The second-order valence-corrected chi connectivity index (χ2v) is 7.92. The third-order valence-corrected chi connectivity index (χ3v) is 5.48. The summed E-state index contributed by atoms with van der Waals surface area (Å²) in [5.41, 5.74) is 4.84. The summed E-state index contributed by atoms with van der Waals surface area (Å²) in [6.07, 6.45) is 3.25. The zero-order valence-corrected chi connectivity index (χ0v) is 19.5. The maximum absolute atomic E-state index is 12.3. The highest BCUT2D eigenvalue weighted by molar-refractivity contribution is 6.36. The first-order valence-corrected chi connectivity index (χ1v) is 10.7. The Labute approximate surface area is 191 Å². The fourth-order valence-electron chi connectivity index (χ4n) is 3.46. The van der Waals surface area contributed by atoms with Crippen molar-refractivity contribution in [3.8, 4) is 16.9 Å². The van der Waals surface area contributed by atoms with Crippen LogP contribution in [0.4, 0.5) is 0 Å². The molecule has 2 aromatic carbocycles. The van der Waals surface area contributed by atoms with Gasteiger partial charge in [-0.3, -0.25) is 4.79 Å². The standard InChI is InChI=1S/C24H25Cl2NO4/c1-5-30-23-15(3)24-19(12-18(23)14(2)10-22(28)27-8-9-29-4)20(13-31-24)17-7-6-16(25)11-21(17)26/h6-7,10-13H,5,8-9H2,1-4H3,(H,27,28)/b14-10+. The summed E-state index contributed by atoms with van der Waals surface area (Å²) in [5, 5.41) is 4.79. The summed E-state index contributed by atoms with van der Waals surface area (Å²) < 4.78 is 16.8. The maximum Gasteiger partial charge on any atom is 0.244 e. The number of fused-ring (bicyclic) bond motifs is 1. The van der Waals surface area contributed by atoms with Crippen LogP contribution in [0.1, 0.15) is 25.0 Å². The molecule has 31 heavy (non-hydrogen) atoms. The van der Waals surface area contributed by atoms with Gasteiger partial charge in [0.25, 0.3) is 0 Å². The van der Waals surface area contributed by atoms with E-state index in [0.717, 1.165) is 33.2 Å². The summed E-state index contributed by atoms with van der Waals surface area (Å²) in [5.74, 6) is 0.499. The van der Waals surface area contributed by atoms with E-state index in [1.54, 1.807) is 31.6 Å². The average Bonchev–Trinajstić information content (AvgIpc) is 3.14. The molecule has 1 amide bonds. The largest absolute Gasteiger partial charge is 0.493 e. The molecule has 0 aliphatic heterocycles. The Bertz CT molecular complexity index is 1130. The second kappa shape index (κ2) is 10.2. The van der Waals surface area contributed by atoms with Crippen LogP contribution in [0.5, 0.6) is 5.75 Å². The molecule has 0 bridgehead atoms. The minimum absolute atomic E-state index is 0.192. The Hall–Kier alpha value is -2.47. The lowest BCUT2D eigenvalue weighted by Gasteiger charge is -2.15. The fourth-order valence-corrected chi connectivity index (χ4v) is 3.97. The zero-order valence-electron chi connectivity index (χ0n) is 18.0. The number of methoxy groups -OCH3 is 1. The molecular weight excluding hydrogens is 437 g/mol. The zero-order chi connectivity index (χ0) is 22.5. The van der Waals surface area contributed by atoms with Gasteiger partial charge in [0.1, 0.15) is 11.3 Å². The lowest BCUT2D eigenvalue weighted by Crippen LogP contribution is -2.25. The van der Waals surface area contributed by atoms with Crippen LogP contribution in [0.2, 0.25) is 10.0 Å². The van der Waals surface area contributed by atoms with E-state index < -0.39 is 0 Å². The Balaban J connectivity index is 2.13. The maximum atomic E-state index is 12.3. The van der Waals surface area contributed by atoms with Crippen molar-refractivity contribution in [2.45, 2.75) is 20.8 Å². The molecule has 0 fully saturated rings. The van der Waals surface area contributed by atoms with Gasteiger partial charge in [-0.15, -0.1) is 0 Å². The Morgan fingerprint density at radius 3 is 2.68 bits per heavy atom. The molecule has 0 spiro atoms. The minimum atomic E-state index is -0.192. The first-order valence-electron chi connectivity index (χ1n) is 9.95. The van der Waals surface area contributed by atoms with Crippen molar-refractivity contribution in [2.75, 3.05) is 26.9 Å². The van der Waals surface area contributed by atoms with Crippen LogP contribution < -0.4 is 10.1 Å². The molecule has 0 aliphatic carbocycles. The summed E-state index contributed by atoms with van der Waals surface area (Å²) in [6.45, 7) is 7.13. The number of rotatable bonds is 8. The number of halogens is 2. The van der Waals surface area contributed by atoms with E-state index in [-0.39, 0.29) is 5.91 Å². The summed E-state index contributed by atoms with van der Waals surface area (Å²) in [4.78, 5) is 12.3. The highest BCUT2D eigenvalue weighted by atomic mass is 35.5. The van der Waals surface area contributed by atoms with Crippen LogP contribution in [0.15, 0.2) is 41.0 Å². The SMILES string of the molecule is CCOc1c(/C(C)=C/C(=O)NCCOC)cc2c(-c3ccc(Cl)cc3Cl)coc2c1C. The number of allylic oxidation sites excluding steroid dienone is 1. The first-order chi connectivity index (χ1) is 14.9. The number of ether oxygens (including phenoxy) is 2. The number of nitrogens with one attached hydrogen (secondary N) is 1. The van der Waals surface area contributed by atoms with Gasteiger partial charge in [0.15, 0.2) is 0 Å². The number of carbonyl (C=O) groups excluding carboxylic acids is 1. The molecule has 0 aliphatic rings. The van der Waals surface area contributed by atoms with Crippen LogP contribution in [-0.2, 0) is 9.53 Å². The highest BCUT2D eigenvalue weighted by Crippen LogP contribution is 2.42. The van der Waals surface area contributed by atoms with Crippen LogP contribution in [0.25, 0.3) is 27.7 Å². The summed E-state index contributed by atoms with van der Waals surface area (Å²) >= 11 is 12.5. The molecule has 5 nitrogen and oxygen atoms in total. The van der Waals surface area contributed by atoms with E-state index in [9.17, 15) is 4.79 Å². The lowest BCUT2D eigenvalue weighted by molar-refractivity contribution is -0.116. The van der Waals surface area contributed by atoms with E-state index in [2.05, 4.69) is 5.32 Å². The highest BCUT2D eigenvalue weighted by Gasteiger charge is 2.20. The molecular formula is C24H25Cl2NO4. The number of amides is 1. The lowest BCUT2D eigenvalue weighted by atomic mass is 9.96. The van der Waals surface area contributed by atoms with Crippen molar-refractivity contribution >= 4 is 45.7 Å². The minimum Gasteiger partial charge on any atom is -0.493 e. The third-order valence-electron chi connectivity index (χ3n) is 4.93. The van der Waals surface area contributed by atoms with Crippen LogP contribution >= 0.6 is 23.2 Å². The quantitative estimate of drug-likeness (QED) is 0.316. The van der Waals surface area contributed by atoms with Gasteiger partial charge in [-0.25, -0.2) is 0 Å². The molecule has 0 unspecified atom stereocenters. The van der Waals surface area contributed by atoms with Gasteiger partial charge < -0.3 is 19.2 Å². The molecule has 3 aromatic rings. The Morgan fingerprint density at radius 2 is 2.00 bits per heavy atom. The molecule has 0 radical (unpaired) electrons. The normalized spacial score (nSPS) is 11.7. The molecule has 7 heteroatoms. The van der Waals surface area contributed by atoms with E-state index in [1.165, 1.54) is 0 Å². The van der Waals surface area contributed by atoms with Crippen LogP contribution in [-0.4, -0.2) is 32.8 Å². The second-order valence-electron chi connectivity index (χ2n) is 7.07. The molecule has 0 atom stereocenters. The van der Waals surface area contributed by atoms with Gasteiger partial charge in [0, 0.05) is 52.4 Å². The number of carbonyl (C=O) groups is 1. The number of benzene rings is 2. The van der Waals surface area contributed by atoms with Crippen molar-refractivity contribution < 1.29 is 18.7 Å². The van der Waals surface area contributed by atoms with Gasteiger partial charge in [-0.05, 0) is 44.5 Å². The predicted octanol–water partition coefficient (Wildman–Crippen LogP) is 6.28. The summed E-state index contributed by atoms with van der Waals surface area (Å²) in [6, 6.07) is 7.34. The first kappa shape index (κ1) is 23.2. The van der Waals surface area contributed by atoms with E-state index in [1.807, 2.05) is 32.9 Å². The molecule has 0 saturated carbocycles. The molecule has 1 aromatic heterocycles. The third kappa shape index (κ3) is 5.06. The molecule has 1 heterocycles. The summed E-state index contributed by atoms with van der Waals surface area (Å²) in [7, 11) is 1.59. The molecule has 3 rings (SSSR count). The molecule has 0 saturated heterocycles. The van der Waals surface area contributed by atoms with Crippen molar-refractivity contribution in [3.05, 3.63) is 57.8 Å². The van der Waals surface area contributed by atoms with Crippen molar-refractivity contribution in [1.29, 1.82) is 0 Å². The topological polar surface area (TPSA) is 60.7 Å². The van der Waals surface area contributed by atoms with Crippen LogP contribution in [0.3, 0.4) is 0 Å². The van der Waals surface area contributed by atoms with Crippen molar-refractivity contribution in [3.63, 3.8) is 0 Å². The van der Waals surface area contributed by atoms with E-state index >= 15 is 0 Å². The average molecular weight is 462 g/mol. The molecule has 164 valence electrons. The Kier molecular flexibility index (Phi) is 7.65. The van der Waals surface area contributed by atoms with E-state index in [0.29, 0.717) is 41.1 Å². The van der Waals surface area contributed by atoms with E-state index in [4.69, 9.17) is 37.1 Å². The smallest absolute Gasteiger partial charge is 0.244 e. The van der Waals surface area contributed by atoms with Gasteiger partial charge >= 0.3 is 0 Å². The number of hydrogen-bond donors (Lipinski definition) is 1.